The number of hydrogen-bond acceptors (Lipinski definition) is 4. The van der Waals surface area contributed by atoms with Gasteiger partial charge in [-0.15, -0.1) is 0 Å². The maximum Gasteiger partial charge on any atom is 0.338 e. The topological polar surface area (TPSA) is 58.6 Å². The van der Waals surface area contributed by atoms with Crippen molar-refractivity contribution in [3.05, 3.63) is 91.0 Å². The Bertz CT molecular complexity index is 996. The van der Waals surface area contributed by atoms with Crippen LogP contribution >= 0.6 is 45.8 Å². The van der Waals surface area contributed by atoms with Gasteiger partial charge < -0.3 is 15.2 Å². The summed E-state index contributed by atoms with van der Waals surface area (Å²) < 4.78 is 5.95. The van der Waals surface area contributed by atoms with E-state index in [1.54, 1.807) is 30.3 Å². The highest BCUT2D eigenvalue weighted by Crippen LogP contribution is 2.29. The van der Waals surface area contributed by atoms with Crippen molar-refractivity contribution >= 4 is 57.4 Å². The SMILES string of the molecule is O=C(OCc1ccccc1)c1cc(I)c(O)c(CNc2ccc(Cl)c(Cl)c2)c1. The van der Waals surface area contributed by atoms with Crippen molar-refractivity contribution in [3.8, 4) is 5.75 Å². The van der Waals surface area contributed by atoms with Crippen LogP contribution in [0.2, 0.25) is 10.0 Å². The van der Waals surface area contributed by atoms with Crippen molar-refractivity contribution in [1.29, 1.82) is 0 Å². The van der Waals surface area contributed by atoms with E-state index in [1.807, 2.05) is 52.9 Å². The number of phenols is 1. The van der Waals surface area contributed by atoms with E-state index in [0.29, 0.717) is 31.3 Å². The summed E-state index contributed by atoms with van der Waals surface area (Å²) in [6.07, 6.45) is 0. The van der Waals surface area contributed by atoms with Gasteiger partial charge in [0, 0.05) is 17.8 Å². The van der Waals surface area contributed by atoms with Gasteiger partial charge in [-0.25, -0.2) is 4.79 Å². The summed E-state index contributed by atoms with van der Waals surface area (Å²) in [5.41, 5.74) is 2.61. The van der Waals surface area contributed by atoms with Crippen LogP contribution in [-0.2, 0) is 17.9 Å². The van der Waals surface area contributed by atoms with E-state index < -0.39 is 5.97 Å². The summed E-state index contributed by atoms with van der Waals surface area (Å²) in [6.45, 7) is 0.494. The molecule has 0 radical (unpaired) electrons. The van der Waals surface area contributed by atoms with Crippen LogP contribution in [0.5, 0.6) is 5.75 Å². The quantitative estimate of drug-likeness (QED) is 0.293. The summed E-state index contributed by atoms with van der Waals surface area (Å²) in [4.78, 5) is 12.4. The minimum atomic E-state index is -0.447. The number of hydrogen-bond donors (Lipinski definition) is 2. The van der Waals surface area contributed by atoms with Crippen LogP contribution in [0.1, 0.15) is 21.5 Å². The van der Waals surface area contributed by atoms with Crippen LogP contribution < -0.4 is 5.32 Å². The predicted octanol–water partition coefficient (Wildman–Crippen LogP) is 6.27. The summed E-state index contributed by atoms with van der Waals surface area (Å²) in [5.74, 6) is -0.328. The van der Waals surface area contributed by atoms with Gasteiger partial charge in [-0.05, 0) is 58.5 Å². The molecule has 0 bridgehead atoms. The molecule has 0 fully saturated rings. The lowest BCUT2D eigenvalue weighted by Crippen LogP contribution is -2.08. The molecule has 7 heteroatoms. The normalized spacial score (nSPS) is 10.5. The highest BCUT2D eigenvalue weighted by atomic mass is 127. The molecule has 3 rings (SSSR count). The van der Waals surface area contributed by atoms with Crippen molar-refractivity contribution in [2.24, 2.45) is 0 Å². The van der Waals surface area contributed by atoms with Crippen molar-refractivity contribution in [3.63, 3.8) is 0 Å². The molecule has 0 atom stereocenters. The fraction of sp³-hybridized carbons (Fsp3) is 0.0952. The first-order chi connectivity index (χ1) is 13.4. The molecule has 0 heterocycles. The fourth-order valence-electron chi connectivity index (χ4n) is 2.52. The van der Waals surface area contributed by atoms with Crippen molar-refractivity contribution < 1.29 is 14.6 Å². The molecule has 0 aliphatic heterocycles. The Morgan fingerprint density at radius 2 is 1.79 bits per heavy atom. The lowest BCUT2D eigenvalue weighted by molar-refractivity contribution is 0.0472. The largest absolute Gasteiger partial charge is 0.506 e. The second kappa shape index (κ2) is 9.49. The first kappa shape index (κ1) is 20.8. The summed E-state index contributed by atoms with van der Waals surface area (Å²) in [5, 5.41) is 14.4. The number of nitrogens with one attached hydrogen (secondary N) is 1. The molecule has 0 saturated heterocycles. The molecule has 28 heavy (non-hydrogen) atoms. The van der Waals surface area contributed by atoms with Crippen LogP contribution in [0.4, 0.5) is 5.69 Å². The Balaban J connectivity index is 1.72. The Labute approximate surface area is 186 Å². The predicted molar refractivity (Wildman–Crippen MR) is 120 cm³/mol. The van der Waals surface area contributed by atoms with E-state index in [4.69, 9.17) is 27.9 Å². The molecule has 0 unspecified atom stereocenters. The maximum absolute atomic E-state index is 12.4. The van der Waals surface area contributed by atoms with E-state index in [0.717, 1.165) is 11.3 Å². The van der Waals surface area contributed by atoms with E-state index in [9.17, 15) is 9.90 Å². The zero-order valence-electron chi connectivity index (χ0n) is 14.6. The highest BCUT2D eigenvalue weighted by molar-refractivity contribution is 14.1. The molecule has 0 amide bonds. The van der Waals surface area contributed by atoms with Gasteiger partial charge in [-0.3, -0.25) is 0 Å². The van der Waals surface area contributed by atoms with Gasteiger partial charge in [-0.1, -0.05) is 53.5 Å². The van der Waals surface area contributed by atoms with Crippen LogP contribution in [0.3, 0.4) is 0 Å². The van der Waals surface area contributed by atoms with Gasteiger partial charge in [0.25, 0.3) is 0 Å². The maximum atomic E-state index is 12.4. The molecule has 2 N–H and O–H groups in total. The Morgan fingerprint density at radius 1 is 1.04 bits per heavy atom. The molecule has 0 spiro atoms. The van der Waals surface area contributed by atoms with Crippen LogP contribution in [0.15, 0.2) is 60.7 Å². The zero-order chi connectivity index (χ0) is 20.1. The highest BCUT2D eigenvalue weighted by Gasteiger charge is 2.14. The third kappa shape index (κ3) is 5.31. The minimum Gasteiger partial charge on any atom is -0.506 e. The Kier molecular flexibility index (Phi) is 7.04. The van der Waals surface area contributed by atoms with Gasteiger partial charge in [-0.2, -0.15) is 0 Å². The van der Waals surface area contributed by atoms with Gasteiger partial charge in [0.2, 0.25) is 0 Å². The number of carbonyl (C=O) groups is 1. The first-order valence-corrected chi connectivity index (χ1v) is 10.2. The number of benzene rings is 3. The number of rotatable bonds is 6. The molecule has 3 aromatic carbocycles. The average Bonchev–Trinajstić information content (AvgIpc) is 2.70. The molecule has 3 aromatic rings. The fourth-order valence-corrected chi connectivity index (χ4v) is 3.50. The molecule has 0 saturated carbocycles. The monoisotopic (exact) mass is 527 g/mol. The van der Waals surface area contributed by atoms with E-state index in [-0.39, 0.29) is 12.4 Å². The molecular weight excluding hydrogens is 512 g/mol. The summed E-state index contributed by atoms with van der Waals surface area (Å²) in [7, 11) is 0. The number of anilines is 1. The number of ether oxygens (including phenoxy) is 1. The van der Waals surface area contributed by atoms with E-state index >= 15 is 0 Å². The number of aromatic hydroxyl groups is 1. The Hall–Kier alpha value is -1.96. The van der Waals surface area contributed by atoms with Crippen molar-refractivity contribution in [2.75, 3.05) is 5.32 Å². The number of halogens is 3. The third-order valence-corrected chi connectivity index (χ3v) is 5.55. The second-order valence-electron chi connectivity index (χ2n) is 6.01. The van der Waals surface area contributed by atoms with Crippen LogP contribution in [0.25, 0.3) is 0 Å². The van der Waals surface area contributed by atoms with Gasteiger partial charge in [0.05, 0.1) is 19.2 Å². The molecule has 144 valence electrons. The minimum absolute atomic E-state index is 0.118. The van der Waals surface area contributed by atoms with Crippen molar-refractivity contribution in [2.45, 2.75) is 13.2 Å². The molecule has 0 aliphatic carbocycles. The van der Waals surface area contributed by atoms with Gasteiger partial charge in [0.1, 0.15) is 12.4 Å². The summed E-state index contributed by atoms with van der Waals surface area (Å²) in [6, 6.07) is 17.9. The number of phenolic OH excluding ortho intramolecular Hbond substituents is 1. The van der Waals surface area contributed by atoms with Gasteiger partial charge >= 0.3 is 5.97 Å². The lowest BCUT2D eigenvalue weighted by atomic mass is 10.1. The first-order valence-electron chi connectivity index (χ1n) is 8.35. The second-order valence-corrected chi connectivity index (χ2v) is 7.99. The molecule has 0 aliphatic rings. The van der Waals surface area contributed by atoms with Crippen LogP contribution in [-0.4, -0.2) is 11.1 Å². The Morgan fingerprint density at radius 3 is 2.50 bits per heavy atom. The van der Waals surface area contributed by atoms with Gasteiger partial charge in [0.15, 0.2) is 0 Å². The molecule has 0 aromatic heterocycles. The van der Waals surface area contributed by atoms with E-state index in [1.165, 1.54) is 0 Å². The smallest absolute Gasteiger partial charge is 0.338 e. The lowest BCUT2D eigenvalue weighted by Gasteiger charge is -2.12. The van der Waals surface area contributed by atoms with E-state index in [2.05, 4.69) is 5.32 Å². The van der Waals surface area contributed by atoms with Crippen molar-refractivity contribution in [1.82, 2.24) is 0 Å². The average molecular weight is 528 g/mol. The summed E-state index contributed by atoms with van der Waals surface area (Å²) >= 11 is 13.9. The zero-order valence-corrected chi connectivity index (χ0v) is 18.3. The van der Waals surface area contributed by atoms with Crippen LogP contribution in [0, 0.1) is 3.57 Å². The number of esters is 1. The number of carbonyl (C=O) groups excluding carboxylic acids is 1. The third-order valence-electron chi connectivity index (χ3n) is 3.99. The standard InChI is InChI=1S/C21H16Cl2INO3/c22-17-7-6-16(10-18(17)23)25-11-15-8-14(9-19(24)20(15)26)21(27)28-12-13-4-2-1-3-5-13/h1-10,25-26H,11-12H2. The molecular formula is C21H16Cl2INO3. The molecule has 4 nitrogen and oxygen atoms in total.